The summed E-state index contributed by atoms with van der Waals surface area (Å²) >= 11 is -0.361. The van der Waals surface area contributed by atoms with E-state index in [-0.39, 0.29) is 60.0 Å². The van der Waals surface area contributed by atoms with Gasteiger partial charge in [0.25, 0.3) is 0 Å². The summed E-state index contributed by atoms with van der Waals surface area (Å²) in [5, 5.41) is 11.2. The molecule has 3 aromatic carbocycles. The second kappa shape index (κ2) is 8.55. The molecule has 0 spiro atoms. The summed E-state index contributed by atoms with van der Waals surface area (Å²) in [6.45, 7) is -0.421. The summed E-state index contributed by atoms with van der Waals surface area (Å²) in [6.07, 6.45) is -0.789. The first-order valence-electron chi connectivity index (χ1n) is 15.8. The fraction of sp³-hybridized carbons (Fsp3) is 0.226. The van der Waals surface area contributed by atoms with E-state index in [0.717, 1.165) is 19.3 Å². The zero-order valence-corrected chi connectivity index (χ0v) is 20.7. The van der Waals surface area contributed by atoms with Crippen molar-refractivity contribution in [2.24, 2.45) is 5.41 Å². The van der Waals surface area contributed by atoms with Crippen LogP contribution < -0.4 is 0 Å². The molecule has 34 heavy (non-hydrogen) atoms. The van der Waals surface area contributed by atoms with Crippen LogP contribution in [-0.2, 0) is 6.37 Å². The van der Waals surface area contributed by atoms with E-state index >= 15 is 0 Å². The number of fused-ring (bicyclic) bond motifs is 3. The van der Waals surface area contributed by atoms with E-state index in [2.05, 4.69) is 11.1 Å². The monoisotopic (exact) mass is 518 g/mol. The second-order valence-electron chi connectivity index (χ2n) is 9.18. The van der Waals surface area contributed by atoms with Crippen molar-refractivity contribution in [2.45, 2.75) is 40.8 Å². The number of rotatable bonds is 3. The van der Waals surface area contributed by atoms with Crippen LogP contribution in [0.1, 0.15) is 56.7 Å². The Bertz CT molecular complexity index is 1990. The predicted octanol–water partition coefficient (Wildman–Crippen LogP) is 7.86. The van der Waals surface area contributed by atoms with Crippen LogP contribution in [0.3, 0.4) is 0 Å². The summed E-state index contributed by atoms with van der Waals surface area (Å²) in [5.74, 6) is 0. The van der Waals surface area contributed by atoms with Gasteiger partial charge in [-0.25, -0.2) is 0 Å². The average Bonchev–Trinajstić information content (AvgIpc) is 3.30. The molecule has 168 valence electrons. The number of hydrogen-bond acceptors (Lipinski definition) is 2. The van der Waals surface area contributed by atoms with Crippen molar-refractivity contribution in [3.05, 3.63) is 89.1 Å². The van der Waals surface area contributed by atoms with Crippen LogP contribution in [0.5, 0.6) is 0 Å². The summed E-state index contributed by atoms with van der Waals surface area (Å²) in [4.78, 5) is 4.50. The molecule has 0 saturated carbocycles. The van der Waals surface area contributed by atoms with E-state index in [1.54, 1.807) is 26.8 Å². The summed E-state index contributed by atoms with van der Waals surface area (Å²) in [6, 6.07) is 15.0. The average molecular weight is 518 g/mol. The normalized spacial score (nSPS) is 17.2. The number of pyridine rings is 1. The van der Waals surface area contributed by atoms with Crippen LogP contribution in [0.2, 0.25) is 0 Å². The Morgan fingerprint density at radius 2 is 1.88 bits per heavy atom. The van der Waals surface area contributed by atoms with E-state index in [4.69, 9.17) is 13.7 Å². The molecular formula is C31H28N2Se. The standard InChI is InChI=1S/C31H28N2Se/c1-19-13-21(16-31(3,4)5)9-11-23(19)27-15-28(33-18-20(27)2)26-8-6-7-25-24-12-10-22(17-32)14-29(24)34-30(25)26/h6-15,18H,16H2,1-5H3/i1D3,2D3,11D,14D,16D2. The van der Waals surface area contributed by atoms with Crippen LogP contribution in [-0.4, -0.2) is 19.5 Å². The van der Waals surface area contributed by atoms with Crippen molar-refractivity contribution in [3.63, 3.8) is 0 Å². The molecule has 0 radical (unpaired) electrons. The molecule has 0 aliphatic carbocycles. The third kappa shape index (κ3) is 4.21. The quantitative estimate of drug-likeness (QED) is 0.229. The van der Waals surface area contributed by atoms with E-state index in [1.807, 2.05) is 24.3 Å². The molecule has 5 aromatic rings. The Hall–Kier alpha value is -3.18. The molecule has 0 N–H and O–H groups in total. The fourth-order valence-corrected chi connectivity index (χ4v) is 6.60. The van der Waals surface area contributed by atoms with Crippen LogP contribution in [0.25, 0.3) is 41.7 Å². The summed E-state index contributed by atoms with van der Waals surface area (Å²) < 4.78 is 86.2. The van der Waals surface area contributed by atoms with Crippen LogP contribution in [0.15, 0.2) is 66.8 Å². The molecule has 0 bridgehead atoms. The Balaban J connectivity index is 1.84. The van der Waals surface area contributed by atoms with Crippen molar-refractivity contribution < 1.29 is 13.7 Å². The van der Waals surface area contributed by atoms with E-state index in [1.165, 1.54) is 24.4 Å². The van der Waals surface area contributed by atoms with Crippen molar-refractivity contribution in [2.75, 3.05) is 0 Å². The van der Waals surface area contributed by atoms with E-state index < -0.39 is 25.5 Å². The predicted molar refractivity (Wildman–Crippen MR) is 144 cm³/mol. The maximum atomic E-state index is 9.44. The molecule has 2 nitrogen and oxygen atoms in total. The van der Waals surface area contributed by atoms with Gasteiger partial charge in [0.05, 0.1) is 0 Å². The Labute approximate surface area is 221 Å². The molecule has 2 aromatic heterocycles. The Morgan fingerprint density at radius 1 is 1.03 bits per heavy atom. The maximum absolute atomic E-state index is 9.44. The molecule has 3 heteroatoms. The molecule has 0 aliphatic rings. The van der Waals surface area contributed by atoms with Gasteiger partial charge in [0.1, 0.15) is 0 Å². The van der Waals surface area contributed by atoms with Gasteiger partial charge in [-0.3, -0.25) is 0 Å². The van der Waals surface area contributed by atoms with Crippen molar-refractivity contribution in [3.8, 4) is 28.5 Å². The Morgan fingerprint density at radius 3 is 2.65 bits per heavy atom. The first-order chi connectivity index (χ1) is 20.3. The molecule has 2 heterocycles. The number of nitriles is 1. The number of hydrogen-bond donors (Lipinski definition) is 0. The summed E-state index contributed by atoms with van der Waals surface area (Å²) in [5.41, 5.74) is -0.186. The first-order valence-corrected chi connectivity index (χ1v) is 12.5. The molecule has 0 saturated heterocycles. The van der Waals surface area contributed by atoms with Gasteiger partial charge < -0.3 is 0 Å². The van der Waals surface area contributed by atoms with Crippen LogP contribution in [0.4, 0.5) is 0 Å². The zero-order chi connectivity index (χ0) is 32.6. The minimum atomic E-state index is -2.79. The molecular weight excluding hydrogens is 479 g/mol. The third-order valence-corrected chi connectivity index (χ3v) is 7.90. The van der Waals surface area contributed by atoms with Crippen molar-refractivity contribution in [1.29, 1.82) is 5.26 Å². The molecule has 5 rings (SSSR count). The van der Waals surface area contributed by atoms with Crippen molar-refractivity contribution in [1.82, 2.24) is 4.98 Å². The molecule has 0 amide bonds. The molecule has 0 fully saturated rings. The number of aryl methyl sites for hydroxylation is 2. The van der Waals surface area contributed by atoms with Gasteiger partial charge in [-0.05, 0) is 0 Å². The topological polar surface area (TPSA) is 36.7 Å². The van der Waals surface area contributed by atoms with Gasteiger partial charge in [0.2, 0.25) is 0 Å². The van der Waals surface area contributed by atoms with Gasteiger partial charge in [0, 0.05) is 0 Å². The number of benzene rings is 3. The Kier molecular flexibility index (Phi) is 3.43. The van der Waals surface area contributed by atoms with Gasteiger partial charge in [-0.2, -0.15) is 0 Å². The molecule has 0 atom stereocenters. The summed E-state index contributed by atoms with van der Waals surface area (Å²) in [7, 11) is 0. The zero-order valence-electron chi connectivity index (χ0n) is 29.0. The van der Waals surface area contributed by atoms with E-state index in [9.17, 15) is 5.26 Å². The molecule has 0 aliphatic heterocycles. The fourth-order valence-electron chi connectivity index (χ4n) is 4.03. The van der Waals surface area contributed by atoms with Crippen LogP contribution in [0, 0.1) is 30.4 Å². The van der Waals surface area contributed by atoms with Crippen molar-refractivity contribution >= 4 is 33.8 Å². The molecule has 0 unspecified atom stereocenters. The number of nitrogens with zero attached hydrogens (tertiary/aromatic N) is 2. The van der Waals surface area contributed by atoms with Gasteiger partial charge in [-0.15, -0.1) is 0 Å². The number of aromatic nitrogens is 1. The second-order valence-corrected chi connectivity index (χ2v) is 11.3. The van der Waals surface area contributed by atoms with E-state index in [0.29, 0.717) is 11.3 Å². The van der Waals surface area contributed by atoms with Gasteiger partial charge in [-0.1, -0.05) is 0 Å². The first kappa shape index (κ1) is 13.6. The third-order valence-electron chi connectivity index (χ3n) is 5.45. The van der Waals surface area contributed by atoms with Crippen LogP contribution >= 0.6 is 0 Å². The SMILES string of the molecule is [2H]c1cc(C([2H])([2H])C(C)(C)C)cc(C([2H])([2H])[2H])c1-c1cc(-c2cccc3c2[se]c2c([2H])c(C#N)ccc23)ncc1C([2H])([2H])[2H]. The van der Waals surface area contributed by atoms with Gasteiger partial charge in [0.15, 0.2) is 0 Å². The minimum absolute atomic E-state index is 0.0163. The van der Waals surface area contributed by atoms with Gasteiger partial charge >= 0.3 is 222 Å².